The van der Waals surface area contributed by atoms with Crippen LogP contribution < -0.4 is 10.6 Å². The second kappa shape index (κ2) is 8.14. The molecule has 1 aromatic carbocycles. The van der Waals surface area contributed by atoms with Crippen molar-refractivity contribution < 1.29 is 13.9 Å². The fourth-order valence-electron chi connectivity index (χ4n) is 2.35. The number of ether oxygens (including phenoxy) is 1. The maximum Gasteiger partial charge on any atom is 0.357 e. The Labute approximate surface area is 156 Å². The number of carbonyl (C=O) groups is 1. The first-order chi connectivity index (χ1) is 12.3. The molecule has 26 heavy (non-hydrogen) atoms. The molecular weight excluding hydrogens is 359 g/mol. The number of anilines is 2. The summed E-state index contributed by atoms with van der Waals surface area (Å²) in [4.78, 5) is 22.1. The summed E-state index contributed by atoms with van der Waals surface area (Å²) in [7, 11) is 3.33. The molecule has 6 nitrogen and oxygen atoms in total. The molecule has 0 saturated heterocycles. The van der Waals surface area contributed by atoms with Crippen LogP contribution in [0.25, 0.3) is 17.5 Å². The van der Waals surface area contributed by atoms with E-state index in [-0.39, 0.29) is 45.8 Å². The summed E-state index contributed by atoms with van der Waals surface area (Å²) in [6.45, 7) is 5.72. The standard InChI is InChI=1S/C18H20ClFN4O2/c1-5-9-26-18(25)14-10(6-2)16(21)23-17(22-14)11-7-8-12(19)15(13(11)20)24(3)4/h6-8H,2,5,9H2,1,3-4H3,(H2,21,22,23). The molecule has 2 rings (SSSR count). The molecule has 0 saturated carbocycles. The summed E-state index contributed by atoms with van der Waals surface area (Å²) in [5.74, 6) is -1.30. The predicted octanol–water partition coefficient (Wildman–Crippen LogP) is 3.79. The van der Waals surface area contributed by atoms with Crippen molar-refractivity contribution in [2.45, 2.75) is 13.3 Å². The number of esters is 1. The maximum atomic E-state index is 14.9. The van der Waals surface area contributed by atoms with Gasteiger partial charge in [-0.2, -0.15) is 0 Å². The van der Waals surface area contributed by atoms with E-state index in [2.05, 4.69) is 16.5 Å². The van der Waals surface area contributed by atoms with Gasteiger partial charge in [-0.05, 0) is 18.6 Å². The van der Waals surface area contributed by atoms with Crippen LogP contribution in [0.4, 0.5) is 15.9 Å². The third kappa shape index (κ3) is 3.77. The SMILES string of the molecule is C=Cc1c(N)nc(-c2ccc(Cl)c(N(C)C)c2F)nc1C(=O)OCCC. The van der Waals surface area contributed by atoms with E-state index in [4.69, 9.17) is 22.1 Å². The first-order valence-electron chi connectivity index (χ1n) is 7.94. The number of hydrogen-bond acceptors (Lipinski definition) is 6. The highest BCUT2D eigenvalue weighted by atomic mass is 35.5. The molecule has 0 amide bonds. The van der Waals surface area contributed by atoms with Crippen molar-refractivity contribution in [3.8, 4) is 11.4 Å². The van der Waals surface area contributed by atoms with Gasteiger partial charge in [0.05, 0.1) is 22.9 Å². The highest BCUT2D eigenvalue weighted by molar-refractivity contribution is 6.33. The molecule has 8 heteroatoms. The molecule has 0 spiro atoms. The van der Waals surface area contributed by atoms with Crippen LogP contribution in [0.3, 0.4) is 0 Å². The summed E-state index contributed by atoms with van der Waals surface area (Å²) in [5, 5.41) is 0.245. The first-order valence-corrected chi connectivity index (χ1v) is 8.32. The van der Waals surface area contributed by atoms with Crippen LogP contribution in [0.15, 0.2) is 18.7 Å². The summed E-state index contributed by atoms with van der Waals surface area (Å²) < 4.78 is 20.1. The van der Waals surface area contributed by atoms with Gasteiger partial charge in [-0.1, -0.05) is 31.2 Å². The molecule has 2 aromatic rings. The number of benzene rings is 1. The molecule has 0 atom stereocenters. The summed E-state index contributed by atoms with van der Waals surface area (Å²) in [5.41, 5.74) is 6.38. The van der Waals surface area contributed by atoms with Gasteiger partial charge in [0.15, 0.2) is 17.3 Å². The van der Waals surface area contributed by atoms with Crippen molar-refractivity contribution in [2.75, 3.05) is 31.3 Å². The topological polar surface area (TPSA) is 81.3 Å². The van der Waals surface area contributed by atoms with Gasteiger partial charge in [-0.15, -0.1) is 0 Å². The Bertz CT molecular complexity index is 856. The van der Waals surface area contributed by atoms with E-state index in [1.54, 1.807) is 19.0 Å². The lowest BCUT2D eigenvalue weighted by atomic mass is 10.1. The van der Waals surface area contributed by atoms with Gasteiger partial charge in [0.25, 0.3) is 0 Å². The van der Waals surface area contributed by atoms with Gasteiger partial charge in [-0.25, -0.2) is 19.2 Å². The molecule has 138 valence electrons. The predicted molar refractivity (Wildman–Crippen MR) is 102 cm³/mol. The van der Waals surface area contributed by atoms with Crippen molar-refractivity contribution in [3.63, 3.8) is 0 Å². The van der Waals surface area contributed by atoms with Gasteiger partial charge >= 0.3 is 5.97 Å². The van der Waals surface area contributed by atoms with Gasteiger partial charge in [0.1, 0.15) is 5.82 Å². The van der Waals surface area contributed by atoms with E-state index in [1.807, 2.05) is 6.92 Å². The van der Waals surface area contributed by atoms with E-state index in [9.17, 15) is 9.18 Å². The average Bonchev–Trinajstić information content (AvgIpc) is 2.58. The second-order valence-electron chi connectivity index (χ2n) is 5.69. The lowest BCUT2D eigenvalue weighted by Gasteiger charge is -2.17. The lowest BCUT2D eigenvalue weighted by molar-refractivity contribution is 0.0498. The van der Waals surface area contributed by atoms with Gasteiger partial charge in [0.2, 0.25) is 0 Å². The fourth-order valence-corrected chi connectivity index (χ4v) is 2.67. The largest absolute Gasteiger partial charge is 0.461 e. The van der Waals surface area contributed by atoms with Crippen molar-refractivity contribution in [1.29, 1.82) is 0 Å². The van der Waals surface area contributed by atoms with Crippen LogP contribution in [0.2, 0.25) is 5.02 Å². The van der Waals surface area contributed by atoms with Crippen LogP contribution in [0, 0.1) is 5.82 Å². The van der Waals surface area contributed by atoms with Crippen LogP contribution in [-0.4, -0.2) is 36.6 Å². The third-order valence-electron chi connectivity index (χ3n) is 3.56. The van der Waals surface area contributed by atoms with Crippen molar-refractivity contribution >= 4 is 35.2 Å². The molecule has 1 aromatic heterocycles. The van der Waals surface area contributed by atoms with Crippen molar-refractivity contribution in [3.05, 3.63) is 40.8 Å². The highest BCUT2D eigenvalue weighted by Crippen LogP contribution is 2.34. The molecular formula is C18H20ClFN4O2. The van der Waals surface area contributed by atoms with Crippen LogP contribution in [-0.2, 0) is 4.74 Å². The minimum absolute atomic E-state index is 0.00852. The normalized spacial score (nSPS) is 10.5. The number of rotatable bonds is 6. The Morgan fingerprint density at radius 2 is 2.12 bits per heavy atom. The van der Waals surface area contributed by atoms with E-state index < -0.39 is 11.8 Å². The lowest BCUT2D eigenvalue weighted by Crippen LogP contribution is -2.15. The van der Waals surface area contributed by atoms with E-state index in [0.29, 0.717) is 6.42 Å². The van der Waals surface area contributed by atoms with Crippen LogP contribution in [0.1, 0.15) is 29.4 Å². The zero-order valence-electron chi connectivity index (χ0n) is 14.8. The molecule has 0 aliphatic rings. The Morgan fingerprint density at radius 3 is 2.69 bits per heavy atom. The van der Waals surface area contributed by atoms with Crippen LogP contribution in [0.5, 0.6) is 0 Å². The van der Waals surface area contributed by atoms with Crippen molar-refractivity contribution in [1.82, 2.24) is 9.97 Å². The second-order valence-corrected chi connectivity index (χ2v) is 6.09. The van der Waals surface area contributed by atoms with Crippen molar-refractivity contribution in [2.24, 2.45) is 0 Å². The molecule has 1 heterocycles. The molecule has 0 fully saturated rings. The number of halogens is 2. The summed E-state index contributed by atoms with van der Waals surface area (Å²) >= 11 is 6.07. The molecule has 0 aliphatic heterocycles. The number of nitrogen functional groups attached to an aromatic ring is 1. The average molecular weight is 379 g/mol. The third-order valence-corrected chi connectivity index (χ3v) is 3.87. The van der Waals surface area contributed by atoms with Gasteiger partial charge < -0.3 is 15.4 Å². The number of nitrogens with zero attached hydrogens (tertiary/aromatic N) is 3. The number of hydrogen-bond donors (Lipinski definition) is 1. The minimum atomic E-state index is -0.667. The fraction of sp³-hybridized carbons (Fsp3) is 0.278. The van der Waals surface area contributed by atoms with Crippen LogP contribution >= 0.6 is 11.6 Å². The number of aromatic nitrogens is 2. The quantitative estimate of drug-likeness (QED) is 0.770. The van der Waals surface area contributed by atoms with Gasteiger partial charge in [-0.3, -0.25) is 0 Å². The molecule has 2 N–H and O–H groups in total. The monoisotopic (exact) mass is 378 g/mol. The van der Waals surface area contributed by atoms with E-state index >= 15 is 0 Å². The molecule has 0 aliphatic carbocycles. The molecule has 0 unspecified atom stereocenters. The highest BCUT2D eigenvalue weighted by Gasteiger charge is 2.22. The van der Waals surface area contributed by atoms with E-state index in [1.165, 1.54) is 18.2 Å². The Hall–Kier alpha value is -2.67. The molecule has 0 bridgehead atoms. The zero-order valence-corrected chi connectivity index (χ0v) is 15.6. The Morgan fingerprint density at radius 1 is 1.42 bits per heavy atom. The molecule has 0 radical (unpaired) electrons. The Balaban J connectivity index is 2.65. The smallest absolute Gasteiger partial charge is 0.357 e. The summed E-state index contributed by atoms with van der Waals surface area (Å²) in [6, 6.07) is 2.97. The van der Waals surface area contributed by atoms with Gasteiger partial charge in [0, 0.05) is 19.7 Å². The maximum absolute atomic E-state index is 14.9. The minimum Gasteiger partial charge on any atom is -0.461 e. The number of carbonyl (C=O) groups excluding carboxylic acids is 1. The Kier molecular flexibility index (Phi) is 6.15. The first kappa shape index (κ1) is 19.7. The summed E-state index contributed by atoms with van der Waals surface area (Å²) in [6.07, 6.45) is 2.02. The zero-order chi connectivity index (χ0) is 19.4. The van der Waals surface area contributed by atoms with E-state index in [0.717, 1.165) is 0 Å². The number of nitrogens with two attached hydrogens (primary N) is 1.